The molecule has 5 heteroatoms. The van der Waals surface area contributed by atoms with Crippen molar-refractivity contribution in [2.75, 3.05) is 19.8 Å². The van der Waals surface area contributed by atoms with E-state index in [9.17, 15) is 14.7 Å². The predicted octanol–water partition coefficient (Wildman–Crippen LogP) is 2.05. The van der Waals surface area contributed by atoms with Crippen molar-refractivity contribution >= 4 is 11.9 Å². The highest BCUT2D eigenvalue weighted by atomic mass is 16.5. The van der Waals surface area contributed by atoms with Gasteiger partial charge in [0.25, 0.3) is 0 Å². The quantitative estimate of drug-likeness (QED) is 0.751. The first kappa shape index (κ1) is 16.0. The summed E-state index contributed by atoms with van der Waals surface area (Å²) in [5.74, 6) is -0.922. The van der Waals surface area contributed by atoms with Gasteiger partial charge in [0.15, 0.2) is 0 Å². The molecule has 1 unspecified atom stereocenters. The van der Waals surface area contributed by atoms with Gasteiger partial charge in [-0.2, -0.15) is 0 Å². The SMILES string of the molecule is CCOCCCC(=O)N1CCCCCCC1C(=O)O. The molecule has 0 aromatic carbocycles. The first-order valence-corrected chi connectivity index (χ1v) is 7.26. The molecule has 1 N–H and O–H groups in total. The summed E-state index contributed by atoms with van der Waals surface area (Å²) in [7, 11) is 0. The number of ether oxygens (including phenoxy) is 1. The Morgan fingerprint density at radius 2 is 2.00 bits per heavy atom. The Morgan fingerprint density at radius 3 is 2.68 bits per heavy atom. The lowest BCUT2D eigenvalue weighted by atomic mass is 10.0. The largest absolute Gasteiger partial charge is 0.480 e. The molecule has 1 heterocycles. The highest BCUT2D eigenvalue weighted by molar-refractivity contribution is 5.83. The summed E-state index contributed by atoms with van der Waals surface area (Å²) in [4.78, 5) is 25.0. The molecule has 110 valence electrons. The maximum Gasteiger partial charge on any atom is 0.326 e. The summed E-state index contributed by atoms with van der Waals surface area (Å²) >= 11 is 0. The molecule has 0 bridgehead atoms. The molecular weight excluding hydrogens is 246 g/mol. The van der Waals surface area contributed by atoms with Crippen LogP contribution in [0.15, 0.2) is 0 Å². The maximum absolute atomic E-state index is 12.1. The van der Waals surface area contributed by atoms with Crippen LogP contribution in [0, 0.1) is 0 Å². The molecule has 0 aliphatic carbocycles. The van der Waals surface area contributed by atoms with Gasteiger partial charge in [0.1, 0.15) is 6.04 Å². The number of carboxylic acids is 1. The Bertz CT molecular complexity index is 293. The van der Waals surface area contributed by atoms with Crippen molar-refractivity contribution in [2.45, 2.75) is 57.9 Å². The molecule has 0 spiro atoms. The van der Waals surface area contributed by atoms with Gasteiger partial charge in [0.05, 0.1) is 0 Å². The lowest BCUT2D eigenvalue weighted by Crippen LogP contribution is -2.46. The number of aliphatic carboxylic acids is 1. The van der Waals surface area contributed by atoms with Gasteiger partial charge < -0.3 is 14.7 Å². The molecule has 0 aromatic rings. The molecule has 0 aromatic heterocycles. The van der Waals surface area contributed by atoms with E-state index in [1.54, 1.807) is 4.90 Å². The molecule has 0 saturated carbocycles. The van der Waals surface area contributed by atoms with E-state index in [1.807, 2.05) is 6.92 Å². The van der Waals surface area contributed by atoms with Crippen molar-refractivity contribution in [1.29, 1.82) is 0 Å². The summed E-state index contributed by atoms with van der Waals surface area (Å²) in [6.45, 7) is 3.70. The summed E-state index contributed by atoms with van der Waals surface area (Å²) in [6.07, 6.45) is 5.55. The first-order chi connectivity index (χ1) is 9.16. The van der Waals surface area contributed by atoms with Crippen LogP contribution < -0.4 is 0 Å². The molecule has 1 fully saturated rings. The fourth-order valence-corrected chi connectivity index (χ4v) is 2.45. The number of likely N-dealkylation sites (tertiary alicyclic amines) is 1. The van der Waals surface area contributed by atoms with Gasteiger partial charge in [-0.15, -0.1) is 0 Å². The molecule has 1 rings (SSSR count). The molecule has 1 aliphatic heterocycles. The van der Waals surface area contributed by atoms with Crippen molar-refractivity contribution in [3.8, 4) is 0 Å². The third-order valence-electron chi connectivity index (χ3n) is 3.49. The Hall–Kier alpha value is -1.10. The third-order valence-corrected chi connectivity index (χ3v) is 3.49. The molecule has 1 atom stereocenters. The smallest absolute Gasteiger partial charge is 0.326 e. The minimum absolute atomic E-state index is 0.0472. The van der Waals surface area contributed by atoms with Gasteiger partial charge in [0.2, 0.25) is 5.91 Å². The van der Waals surface area contributed by atoms with Crippen LogP contribution in [0.25, 0.3) is 0 Å². The zero-order chi connectivity index (χ0) is 14.1. The van der Waals surface area contributed by atoms with Crippen LogP contribution in [0.5, 0.6) is 0 Å². The second-order valence-electron chi connectivity index (χ2n) is 4.94. The zero-order valence-electron chi connectivity index (χ0n) is 11.8. The number of carbonyl (C=O) groups excluding carboxylic acids is 1. The number of carboxylic acid groups (broad SMARTS) is 1. The van der Waals surface area contributed by atoms with E-state index in [0.717, 1.165) is 25.7 Å². The lowest BCUT2D eigenvalue weighted by molar-refractivity contribution is -0.151. The van der Waals surface area contributed by atoms with Crippen molar-refractivity contribution < 1.29 is 19.4 Å². The standard InChI is InChI=1S/C14H25NO4/c1-2-19-11-7-9-13(16)15-10-6-4-3-5-8-12(15)14(17)18/h12H,2-11H2,1H3,(H,17,18). The monoisotopic (exact) mass is 271 g/mol. The van der Waals surface area contributed by atoms with E-state index >= 15 is 0 Å². The van der Waals surface area contributed by atoms with E-state index in [1.165, 1.54) is 0 Å². The number of hydrogen-bond donors (Lipinski definition) is 1. The number of amides is 1. The van der Waals surface area contributed by atoms with Crippen molar-refractivity contribution in [1.82, 2.24) is 4.90 Å². The van der Waals surface area contributed by atoms with Crippen molar-refractivity contribution in [3.05, 3.63) is 0 Å². The topological polar surface area (TPSA) is 66.8 Å². The van der Waals surface area contributed by atoms with Gasteiger partial charge in [-0.1, -0.05) is 19.3 Å². The molecule has 1 amide bonds. The van der Waals surface area contributed by atoms with Crippen LogP contribution in [0.3, 0.4) is 0 Å². The summed E-state index contributed by atoms with van der Waals surface area (Å²) in [6, 6.07) is -0.639. The molecule has 1 saturated heterocycles. The number of nitrogens with zero attached hydrogens (tertiary/aromatic N) is 1. The average molecular weight is 271 g/mol. The molecule has 0 radical (unpaired) electrons. The van der Waals surface area contributed by atoms with Crippen molar-refractivity contribution in [2.24, 2.45) is 0 Å². The summed E-state index contributed by atoms with van der Waals surface area (Å²) < 4.78 is 5.20. The van der Waals surface area contributed by atoms with E-state index in [0.29, 0.717) is 39.0 Å². The fraction of sp³-hybridized carbons (Fsp3) is 0.857. The highest BCUT2D eigenvalue weighted by Gasteiger charge is 2.29. The van der Waals surface area contributed by atoms with Gasteiger partial charge in [-0.05, 0) is 26.2 Å². The third kappa shape index (κ3) is 5.59. The number of hydrogen-bond acceptors (Lipinski definition) is 3. The van der Waals surface area contributed by atoms with Crippen LogP contribution in [0.2, 0.25) is 0 Å². The Morgan fingerprint density at radius 1 is 1.26 bits per heavy atom. The van der Waals surface area contributed by atoms with E-state index in [-0.39, 0.29) is 5.91 Å². The van der Waals surface area contributed by atoms with E-state index < -0.39 is 12.0 Å². The molecular formula is C14H25NO4. The van der Waals surface area contributed by atoms with Crippen LogP contribution in [0.4, 0.5) is 0 Å². The summed E-state index contributed by atoms with van der Waals surface area (Å²) in [5, 5.41) is 9.27. The maximum atomic E-state index is 12.1. The molecule has 19 heavy (non-hydrogen) atoms. The zero-order valence-corrected chi connectivity index (χ0v) is 11.8. The second kappa shape index (κ2) is 8.91. The van der Waals surface area contributed by atoms with Gasteiger partial charge in [0, 0.05) is 26.2 Å². The van der Waals surface area contributed by atoms with Crippen LogP contribution in [0.1, 0.15) is 51.9 Å². The van der Waals surface area contributed by atoms with E-state index in [2.05, 4.69) is 0 Å². The normalized spacial score (nSPS) is 20.7. The molecule has 1 aliphatic rings. The average Bonchev–Trinajstić information content (AvgIpc) is 2.33. The highest BCUT2D eigenvalue weighted by Crippen LogP contribution is 2.18. The minimum Gasteiger partial charge on any atom is -0.480 e. The van der Waals surface area contributed by atoms with Gasteiger partial charge in [-0.25, -0.2) is 4.79 Å². The second-order valence-corrected chi connectivity index (χ2v) is 4.94. The Labute approximate surface area is 114 Å². The Balaban J connectivity index is 2.52. The Kier molecular flexibility index (Phi) is 7.48. The number of carbonyl (C=O) groups is 2. The number of rotatable bonds is 6. The van der Waals surface area contributed by atoms with Crippen LogP contribution in [-0.4, -0.2) is 47.7 Å². The van der Waals surface area contributed by atoms with E-state index in [4.69, 9.17) is 4.74 Å². The lowest BCUT2D eigenvalue weighted by Gasteiger charge is -2.31. The van der Waals surface area contributed by atoms with Crippen LogP contribution in [-0.2, 0) is 14.3 Å². The first-order valence-electron chi connectivity index (χ1n) is 7.26. The van der Waals surface area contributed by atoms with Crippen LogP contribution >= 0.6 is 0 Å². The summed E-state index contributed by atoms with van der Waals surface area (Å²) in [5.41, 5.74) is 0. The fourth-order valence-electron chi connectivity index (χ4n) is 2.45. The van der Waals surface area contributed by atoms with Gasteiger partial charge >= 0.3 is 5.97 Å². The van der Waals surface area contributed by atoms with Crippen molar-refractivity contribution in [3.63, 3.8) is 0 Å². The van der Waals surface area contributed by atoms with Gasteiger partial charge in [-0.3, -0.25) is 4.79 Å². The minimum atomic E-state index is -0.875. The predicted molar refractivity (Wildman–Crippen MR) is 71.9 cm³/mol. The molecule has 5 nitrogen and oxygen atoms in total.